The molecule has 4 fully saturated rings. The van der Waals surface area contributed by atoms with Crippen molar-refractivity contribution in [1.29, 1.82) is 10.5 Å². The van der Waals surface area contributed by atoms with Crippen LogP contribution < -0.4 is 19.3 Å². The van der Waals surface area contributed by atoms with E-state index in [1.54, 1.807) is 4.90 Å². The number of halogens is 1. The molecule has 7 unspecified atom stereocenters. The number of aryl methyl sites for hydroxylation is 2. The third-order valence-corrected chi connectivity index (χ3v) is 20.1. The van der Waals surface area contributed by atoms with Crippen molar-refractivity contribution in [2.45, 2.75) is 139 Å². The van der Waals surface area contributed by atoms with Crippen molar-refractivity contribution in [3.63, 3.8) is 0 Å². The third kappa shape index (κ3) is 11.0. The minimum absolute atomic E-state index is 0.0716. The summed E-state index contributed by atoms with van der Waals surface area (Å²) in [4.78, 5) is 58.9. The van der Waals surface area contributed by atoms with Gasteiger partial charge in [-0.25, -0.2) is 4.39 Å². The Kier molecular flexibility index (Phi) is 15.4. The number of rotatable bonds is 13. The van der Waals surface area contributed by atoms with E-state index >= 15 is 0 Å². The van der Waals surface area contributed by atoms with Gasteiger partial charge in [0.05, 0.1) is 48.5 Å². The van der Waals surface area contributed by atoms with Crippen LogP contribution >= 0.6 is 0 Å². The summed E-state index contributed by atoms with van der Waals surface area (Å²) in [5.41, 5.74) is 11.7. The average molecular weight is 1100 g/mol. The SMILES string of the molecule is C=CC(=O)N1CCN(c2nc(OCC3CCCN3C)nc3c2CCC2(CCc4cc(C5CC(COc6nc7c(c(N8CCN(C(=O)C(=C)F)C(CC#N)C8)n6)CCC6(CCc8ccccc8C6)C7)N(C)C5)ccc4C2)C3)CC1CC#N. The first-order valence-corrected chi connectivity index (χ1v) is 29.8. The smallest absolute Gasteiger partial charge is 0.318 e. The van der Waals surface area contributed by atoms with Gasteiger partial charge in [-0.15, -0.1) is 0 Å². The van der Waals surface area contributed by atoms with Gasteiger partial charge in [-0.2, -0.15) is 30.5 Å². The minimum atomic E-state index is -1.01. The number of amides is 2. The molecule has 2 aromatic carbocycles. The number of fused-ring (bicyclic) bond motifs is 4. The van der Waals surface area contributed by atoms with Gasteiger partial charge in [0.1, 0.15) is 24.8 Å². The van der Waals surface area contributed by atoms with Crippen LogP contribution in [0.2, 0.25) is 0 Å². The number of benzene rings is 2. The van der Waals surface area contributed by atoms with E-state index in [0.29, 0.717) is 69.9 Å². The fourth-order valence-corrected chi connectivity index (χ4v) is 15.4. The molecule has 8 aliphatic rings. The maximum Gasteiger partial charge on any atom is 0.318 e. The lowest BCUT2D eigenvalue weighted by Crippen LogP contribution is -2.55. The molecule has 81 heavy (non-hydrogen) atoms. The van der Waals surface area contributed by atoms with Gasteiger partial charge in [0, 0.05) is 69.0 Å². The molecule has 2 aromatic heterocycles. The Morgan fingerprint density at radius 1 is 0.679 bits per heavy atom. The Labute approximate surface area is 476 Å². The first-order chi connectivity index (χ1) is 39.3. The lowest BCUT2D eigenvalue weighted by Gasteiger charge is -2.44. The predicted octanol–water partition coefficient (Wildman–Crippen LogP) is 7.47. The molecule has 0 N–H and O–H groups in total. The van der Waals surface area contributed by atoms with Crippen LogP contribution in [0.15, 0.2) is 67.5 Å². The number of aromatic nitrogens is 4. The molecule has 12 rings (SSSR count). The molecule has 0 bridgehead atoms. The molecule has 7 atom stereocenters. The molecule has 4 aliphatic heterocycles. The fourth-order valence-electron chi connectivity index (χ4n) is 15.4. The van der Waals surface area contributed by atoms with Gasteiger partial charge in [-0.3, -0.25) is 14.5 Å². The number of hydrogen-bond acceptors (Lipinski definition) is 14. The second-order valence-electron chi connectivity index (χ2n) is 25.0. The molecule has 2 amide bonds. The van der Waals surface area contributed by atoms with Gasteiger partial charge in [-0.05, 0) is 168 Å². The quantitative estimate of drug-likeness (QED) is 0.121. The predicted molar refractivity (Wildman–Crippen MR) is 307 cm³/mol. The Morgan fingerprint density at radius 2 is 1.25 bits per heavy atom. The molecular formula is C64H77FN12O4. The summed E-state index contributed by atoms with van der Waals surface area (Å²) in [6.07, 6.45) is 16.5. The first-order valence-electron chi connectivity index (χ1n) is 29.8. The van der Waals surface area contributed by atoms with Crippen molar-refractivity contribution in [2.75, 3.05) is 89.5 Å². The Balaban J connectivity index is 0.742. The van der Waals surface area contributed by atoms with E-state index in [2.05, 4.69) is 101 Å². The molecule has 16 nitrogen and oxygen atoms in total. The minimum Gasteiger partial charge on any atom is -0.462 e. The number of ether oxygens (including phenoxy) is 2. The van der Waals surface area contributed by atoms with Crippen molar-refractivity contribution in [1.82, 2.24) is 39.5 Å². The molecule has 17 heteroatoms. The van der Waals surface area contributed by atoms with E-state index < -0.39 is 17.8 Å². The Morgan fingerprint density at radius 3 is 1.84 bits per heavy atom. The van der Waals surface area contributed by atoms with Crippen LogP contribution in [0.3, 0.4) is 0 Å². The van der Waals surface area contributed by atoms with Gasteiger partial charge in [0.15, 0.2) is 5.83 Å². The van der Waals surface area contributed by atoms with E-state index in [9.17, 15) is 24.5 Å². The molecular weight excluding hydrogens is 1020 g/mol. The molecule has 4 aromatic rings. The Hall–Kier alpha value is -6.95. The van der Waals surface area contributed by atoms with Crippen molar-refractivity contribution >= 4 is 23.5 Å². The van der Waals surface area contributed by atoms with Gasteiger partial charge in [-0.1, -0.05) is 55.6 Å². The van der Waals surface area contributed by atoms with E-state index in [4.69, 9.17) is 29.4 Å². The monoisotopic (exact) mass is 1100 g/mol. The zero-order valence-electron chi connectivity index (χ0n) is 47.4. The van der Waals surface area contributed by atoms with Crippen LogP contribution in [0.4, 0.5) is 16.0 Å². The number of hydrogen-bond donors (Lipinski definition) is 0. The molecule has 4 saturated heterocycles. The summed E-state index contributed by atoms with van der Waals surface area (Å²) in [6.45, 7) is 12.6. The van der Waals surface area contributed by atoms with Crippen LogP contribution in [0, 0.1) is 33.5 Å². The van der Waals surface area contributed by atoms with Crippen LogP contribution in [-0.2, 0) is 61.0 Å². The standard InChI is InChI=1S/C64H77FN12O4/c1-5-57(78)76-29-27-74(38-49(76)18-24-66)58-53-17-23-64(36-56(53)68-61(70-58)80-40-51-11-8-26-72(51)3)21-15-45-31-44(12-13-47(45)34-64)48-32-52(73(4)37-48)41-81-62-69-55-35-63(20-14-43-9-6-7-10-46(43)33-63)22-16-54(55)59(71-62)75-28-30-77(60(79)42(2)65)50(39-75)19-25-67/h5-7,9-10,12-13,31,48-52H,1-2,8,11,14-23,26-30,32-41H2,3-4H3. The van der Waals surface area contributed by atoms with Crippen molar-refractivity contribution < 1.29 is 23.5 Å². The summed E-state index contributed by atoms with van der Waals surface area (Å²) in [6, 6.07) is 21.1. The summed E-state index contributed by atoms with van der Waals surface area (Å²) in [7, 11) is 4.35. The molecule has 424 valence electrons. The number of carbonyl (C=O) groups is 2. The van der Waals surface area contributed by atoms with E-state index in [1.165, 1.54) is 44.4 Å². The largest absolute Gasteiger partial charge is 0.462 e. The molecule has 0 radical (unpaired) electrons. The second-order valence-corrected chi connectivity index (χ2v) is 25.0. The van der Waals surface area contributed by atoms with E-state index in [0.717, 1.165) is 138 Å². The van der Waals surface area contributed by atoms with Crippen LogP contribution in [0.5, 0.6) is 12.0 Å². The van der Waals surface area contributed by atoms with Crippen LogP contribution in [-0.4, -0.2) is 155 Å². The first kappa shape index (κ1) is 54.6. The topological polar surface area (TPSA) is 171 Å². The number of carbonyl (C=O) groups excluding carboxylic acids is 2. The maximum absolute atomic E-state index is 14.2. The molecule has 6 heterocycles. The second kappa shape index (κ2) is 22.8. The number of anilines is 2. The highest BCUT2D eigenvalue weighted by molar-refractivity contribution is 5.91. The lowest BCUT2D eigenvalue weighted by atomic mass is 9.63. The lowest BCUT2D eigenvalue weighted by molar-refractivity contribution is -0.131. The zero-order chi connectivity index (χ0) is 56.0. The summed E-state index contributed by atoms with van der Waals surface area (Å²) < 4.78 is 27.4. The fraction of sp³-hybridized carbons (Fsp3) is 0.562. The average Bonchev–Trinajstić information content (AvgIpc) is 4.09. The van der Waals surface area contributed by atoms with Gasteiger partial charge in [0.25, 0.3) is 5.91 Å². The zero-order valence-corrected chi connectivity index (χ0v) is 47.4. The summed E-state index contributed by atoms with van der Waals surface area (Å²) >= 11 is 0. The maximum atomic E-state index is 14.2. The van der Waals surface area contributed by atoms with Crippen molar-refractivity contribution in [3.05, 3.63) is 118 Å². The number of likely N-dealkylation sites (tertiary alicyclic amines) is 2. The van der Waals surface area contributed by atoms with Crippen molar-refractivity contribution in [3.8, 4) is 24.2 Å². The number of likely N-dealkylation sites (N-methyl/N-ethyl adjacent to an activating group) is 2. The highest BCUT2D eigenvalue weighted by Gasteiger charge is 2.44. The normalized spacial score (nSPS) is 27.2. The van der Waals surface area contributed by atoms with E-state index in [1.807, 2.05) is 0 Å². The van der Waals surface area contributed by atoms with Gasteiger partial charge < -0.3 is 34.0 Å². The number of piperazine rings is 2. The molecule has 0 saturated carbocycles. The number of nitriles is 2. The van der Waals surface area contributed by atoms with Crippen LogP contribution in [0.25, 0.3) is 0 Å². The van der Waals surface area contributed by atoms with Gasteiger partial charge >= 0.3 is 12.0 Å². The van der Waals surface area contributed by atoms with Crippen LogP contribution in [0.1, 0.15) is 114 Å². The van der Waals surface area contributed by atoms with E-state index in [-0.39, 0.29) is 48.2 Å². The third-order valence-electron chi connectivity index (χ3n) is 20.1. The molecule has 2 spiro atoms. The highest BCUT2D eigenvalue weighted by Crippen LogP contribution is 2.49. The number of nitrogens with zero attached hydrogens (tertiary/aromatic N) is 12. The highest BCUT2D eigenvalue weighted by atomic mass is 19.1. The van der Waals surface area contributed by atoms with Crippen molar-refractivity contribution in [2.24, 2.45) is 10.8 Å². The summed E-state index contributed by atoms with van der Waals surface area (Å²) in [5.74, 6) is 0.129. The summed E-state index contributed by atoms with van der Waals surface area (Å²) in [5, 5.41) is 19.6. The molecule has 4 aliphatic carbocycles. The Bertz CT molecular complexity index is 3190. The van der Waals surface area contributed by atoms with Gasteiger partial charge in [0.2, 0.25) is 5.91 Å².